The van der Waals surface area contributed by atoms with E-state index in [9.17, 15) is 13.2 Å². The fraction of sp³-hybridized carbons (Fsp3) is 0.273. The molecular weight excluding hydrogens is 421 g/mol. The van der Waals surface area contributed by atoms with Crippen molar-refractivity contribution in [1.29, 1.82) is 0 Å². The zero-order valence-electron chi connectivity index (χ0n) is 16.9. The van der Waals surface area contributed by atoms with Gasteiger partial charge in [0.1, 0.15) is 23.2 Å². The first-order valence-electron chi connectivity index (χ1n) is 10.2. The SMILES string of the molecule is FC(F)(F)c1cccc(-c2ccc3[nH]nc(-c4cncc(O[C@@H]5CCCNC5)n4)c3c2)n1. The largest absolute Gasteiger partial charge is 0.472 e. The molecule has 32 heavy (non-hydrogen) atoms. The smallest absolute Gasteiger partial charge is 0.433 e. The molecule has 1 fully saturated rings. The molecule has 1 aliphatic heterocycles. The first-order valence-corrected chi connectivity index (χ1v) is 10.2. The van der Waals surface area contributed by atoms with Gasteiger partial charge in [0.15, 0.2) is 0 Å². The van der Waals surface area contributed by atoms with Crippen LogP contribution in [-0.4, -0.2) is 44.3 Å². The standard InChI is InChI=1S/C22H19F3N6O/c23-22(24,25)19-5-1-4-16(28-19)13-6-7-17-15(9-13)21(31-30-17)18-11-27-12-20(29-18)32-14-3-2-8-26-10-14/h1,4-7,9,11-12,14,26H,2-3,8,10H2,(H,30,31)/t14-/m1/s1. The average molecular weight is 440 g/mol. The Bertz CT molecular complexity index is 1250. The minimum absolute atomic E-state index is 0.0304. The number of rotatable bonds is 4. The molecule has 10 heteroatoms. The Balaban J connectivity index is 1.49. The van der Waals surface area contributed by atoms with Crippen LogP contribution in [0.3, 0.4) is 0 Å². The third-order valence-corrected chi connectivity index (χ3v) is 5.29. The maximum absolute atomic E-state index is 13.1. The summed E-state index contributed by atoms with van der Waals surface area (Å²) in [6.07, 6.45) is 0.640. The molecule has 0 radical (unpaired) electrons. The second kappa shape index (κ2) is 8.19. The quantitative estimate of drug-likeness (QED) is 0.494. The highest BCUT2D eigenvalue weighted by Crippen LogP contribution is 2.32. The number of H-pyrrole nitrogens is 1. The number of hydrogen-bond donors (Lipinski definition) is 2. The van der Waals surface area contributed by atoms with Crippen molar-refractivity contribution >= 4 is 10.9 Å². The molecule has 1 atom stereocenters. The van der Waals surface area contributed by atoms with Crippen LogP contribution >= 0.6 is 0 Å². The molecule has 1 aliphatic rings. The van der Waals surface area contributed by atoms with Crippen molar-refractivity contribution in [2.75, 3.05) is 13.1 Å². The highest BCUT2D eigenvalue weighted by molar-refractivity contribution is 5.94. The minimum Gasteiger partial charge on any atom is -0.472 e. The maximum Gasteiger partial charge on any atom is 0.433 e. The van der Waals surface area contributed by atoms with Crippen LogP contribution in [0, 0.1) is 0 Å². The number of ether oxygens (including phenoxy) is 1. The molecule has 5 rings (SSSR count). The van der Waals surface area contributed by atoms with Crippen molar-refractivity contribution in [2.24, 2.45) is 0 Å². The summed E-state index contributed by atoms with van der Waals surface area (Å²) in [6, 6.07) is 9.05. The molecule has 4 heterocycles. The Morgan fingerprint density at radius 3 is 2.75 bits per heavy atom. The predicted octanol–water partition coefficient (Wildman–Crippen LogP) is 4.23. The lowest BCUT2D eigenvalue weighted by Gasteiger charge is -2.23. The van der Waals surface area contributed by atoms with Gasteiger partial charge in [-0.2, -0.15) is 18.3 Å². The van der Waals surface area contributed by atoms with Crippen molar-refractivity contribution < 1.29 is 17.9 Å². The van der Waals surface area contributed by atoms with Crippen LogP contribution in [0.15, 0.2) is 48.8 Å². The Labute approximate surface area is 181 Å². The molecule has 0 spiro atoms. The molecule has 0 unspecified atom stereocenters. The zero-order chi connectivity index (χ0) is 22.1. The van der Waals surface area contributed by atoms with Gasteiger partial charge in [0.05, 0.1) is 23.6 Å². The summed E-state index contributed by atoms with van der Waals surface area (Å²) in [5, 5.41) is 11.3. The Morgan fingerprint density at radius 2 is 1.94 bits per heavy atom. The number of halogens is 3. The number of pyridine rings is 1. The number of hydrogen-bond acceptors (Lipinski definition) is 6. The van der Waals surface area contributed by atoms with E-state index in [-0.39, 0.29) is 11.8 Å². The fourth-order valence-corrected chi connectivity index (χ4v) is 3.73. The number of nitrogens with zero attached hydrogens (tertiary/aromatic N) is 4. The van der Waals surface area contributed by atoms with E-state index in [1.54, 1.807) is 36.7 Å². The van der Waals surface area contributed by atoms with Crippen LogP contribution in [-0.2, 0) is 6.18 Å². The molecule has 1 aromatic carbocycles. The molecule has 7 nitrogen and oxygen atoms in total. The van der Waals surface area contributed by atoms with E-state index in [0.29, 0.717) is 28.2 Å². The lowest BCUT2D eigenvalue weighted by atomic mass is 10.1. The normalized spacial score (nSPS) is 16.9. The third kappa shape index (κ3) is 4.13. The summed E-state index contributed by atoms with van der Waals surface area (Å²) in [6.45, 7) is 1.73. The van der Waals surface area contributed by atoms with Crippen LogP contribution in [0.5, 0.6) is 5.88 Å². The van der Waals surface area contributed by atoms with Gasteiger partial charge in [0, 0.05) is 17.5 Å². The Hall–Kier alpha value is -3.53. The van der Waals surface area contributed by atoms with Crippen molar-refractivity contribution in [1.82, 2.24) is 30.5 Å². The number of aromatic nitrogens is 5. The number of fused-ring (bicyclic) bond motifs is 1. The van der Waals surface area contributed by atoms with Gasteiger partial charge < -0.3 is 10.1 Å². The van der Waals surface area contributed by atoms with Crippen LogP contribution in [0.4, 0.5) is 13.2 Å². The van der Waals surface area contributed by atoms with Crippen molar-refractivity contribution in [3.05, 3.63) is 54.5 Å². The second-order valence-corrected chi connectivity index (χ2v) is 7.57. The summed E-state index contributed by atoms with van der Waals surface area (Å²) in [4.78, 5) is 12.6. The molecular formula is C22H19F3N6O. The lowest BCUT2D eigenvalue weighted by molar-refractivity contribution is -0.141. The fourth-order valence-electron chi connectivity index (χ4n) is 3.73. The summed E-state index contributed by atoms with van der Waals surface area (Å²) in [7, 11) is 0. The van der Waals surface area contributed by atoms with E-state index in [1.165, 1.54) is 6.07 Å². The molecule has 2 N–H and O–H groups in total. The van der Waals surface area contributed by atoms with Gasteiger partial charge in [-0.1, -0.05) is 12.1 Å². The Morgan fingerprint density at radius 1 is 1.03 bits per heavy atom. The second-order valence-electron chi connectivity index (χ2n) is 7.57. The molecule has 1 saturated heterocycles. The van der Waals surface area contributed by atoms with Crippen LogP contribution in [0.1, 0.15) is 18.5 Å². The molecule has 0 saturated carbocycles. The van der Waals surface area contributed by atoms with Gasteiger partial charge in [0.25, 0.3) is 0 Å². The Kier molecular flexibility index (Phi) is 5.22. The van der Waals surface area contributed by atoms with Gasteiger partial charge in [-0.05, 0) is 43.7 Å². The molecule has 3 aromatic heterocycles. The average Bonchev–Trinajstić information content (AvgIpc) is 3.23. The maximum atomic E-state index is 13.1. The minimum atomic E-state index is -4.51. The van der Waals surface area contributed by atoms with E-state index in [4.69, 9.17) is 4.74 Å². The summed E-state index contributed by atoms with van der Waals surface area (Å²) < 4.78 is 45.2. The number of alkyl halides is 3. The van der Waals surface area contributed by atoms with E-state index in [1.807, 2.05) is 0 Å². The summed E-state index contributed by atoms with van der Waals surface area (Å²) in [5.41, 5.74) is 1.60. The van der Waals surface area contributed by atoms with E-state index < -0.39 is 11.9 Å². The molecule has 0 amide bonds. The highest BCUT2D eigenvalue weighted by atomic mass is 19.4. The van der Waals surface area contributed by atoms with Gasteiger partial charge in [-0.3, -0.25) is 10.1 Å². The molecule has 0 bridgehead atoms. The number of aromatic amines is 1. The molecule has 164 valence electrons. The number of nitrogens with one attached hydrogen (secondary N) is 2. The van der Waals surface area contributed by atoms with Crippen LogP contribution in [0.25, 0.3) is 33.5 Å². The van der Waals surface area contributed by atoms with Gasteiger partial charge in [-0.15, -0.1) is 0 Å². The van der Waals surface area contributed by atoms with Gasteiger partial charge >= 0.3 is 6.18 Å². The van der Waals surface area contributed by atoms with Crippen LogP contribution in [0.2, 0.25) is 0 Å². The van der Waals surface area contributed by atoms with E-state index in [0.717, 1.165) is 37.5 Å². The first-order chi connectivity index (χ1) is 15.5. The van der Waals surface area contributed by atoms with Crippen molar-refractivity contribution in [3.63, 3.8) is 0 Å². The summed E-state index contributed by atoms with van der Waals surface area (Å²) >= 11 is 0. The van der Waals surface area contributed by atoms with E-state index in [2.05, 4.69) is 30.5 Å². The number of benzene rings is 1. The van der Waals surface area contributed by atoms with Crippen LogP contribution < -0.4 is 10.1 Å². The van der Waals surface area contributed by atoms with Gasteiger partial charge in [-0.25, -0.2) is 9.97 Å². The first kappa shape index (κ1) is 20.4. The zero-order valence-corrected chi connectivity index (χ0v) is 16.9. The lowest BCUT2D eigenvalue weighted by Crippen LogP contribution is -2.37. The monoisotopic (exact) mass is 440 g/mol. The van der Waals surface area contributed by atoms with Crippen molar-refractivity contribution in [2.45, 2.75) is 25.1 Å². The van der Waals surface area contributed by atoms with Crippen molar-refractivity contribution in [3.8, 4) is 28.5 Å². The molecule has 0 aliphatic carbocycles. The highest BCUT2D eigenvalue weighted by Gasteiger charge is 2.32. The third-order valence-electron chi connectivity index (χ3n) is 5.29. The summed E-state index contributed by atoms with van der Waals surface area (Å²) in [5.74, 6) is 0.406. The molecule has 4 aromatic rings. The van der Waals surface area contributed by atoms with E-state index >= 15 is 0 Å². The topological polar surface area (TPSA) is 88.6 Å². The van der Waals surface area contributed by atoms with Gasteiger partial charge in [0.2, 0.25) is 5.88 Å². The number of piperidine rings is 1. The predicted molar refractivity (Wildman–Crippen MR) is 112 cm³/mol.